The molecule has 0 aliphatic rings. The van der Waals surface area contributed by atoms with Crippen molar-refractivity contribution in [2.75, 3.05) is 25.3 Å². The fourth-order valence-electron chi connectivity index (χ4n) is 1.42. The number of anilines is 1. The minimum absolute atomic E-state index is 0.0408. The standard InChI is InChI=1S/C12H20N4OS/c1-9(8-17-2)14-12(16-13)15-10-4-6-11(18-3)7-5-10/h4-7,9H,8,13H2,1-3H3,(H2,14,15,16). The number of methoxy groups -OCH3 is 1. The molecule has 0 aromatic heterocycles. The predicted molar refractivity (Wildman–Crippen MR) is 77.9 cm³/mol. The number of aliphatic imine (C=N–C) groups is 1. The smallest absolute Gasteiger partial charge is 0.210 e. The maximum Gasteiger partial charge on any atom is 0.210 e. The third-order valence-corrected chi connectivity index (χ3v) is 2.99. The highest BCUT2D eigenvalue weighted by Gasteiger charge is 2.02. The normalized spacial score (nSPS) is 13.2. The zero-order valence-corrected chi connectivity index (χ0v) is 11.8. The molecule has 0 spiro atoms. The van der Waals surface area contributed by atoms with E-state index in [1.165, 1.54) is 4.90 Å². The Morgan fingerprint density at radius 2 is 2.11 bits per heavy atom. The molecule has 0 saturated heterocycles. The summed E-state index contributed by atoms with van der Waals surface area (Å²) < 4.78 is 5.02. The fourth-order valence-corrected chi connectivity index (χ4v) is 1.82. The van der Waals surface area contributed by atoms with Crippen LogP contribution in [0.15, 0.2) is 34.2 Å². The Morgan fingerprint density at radius 3 is 2.61 bits per heavy atom. The van der Waals surface area contributed by atoms with E-state index in [9.17, 15) is 0 Å². The first kappa shape index (κ1) is 14.8. The van der Waals surface area contributed by atoms with Gasteiger partial charge in [0.1, 0.15) is 0 Å². The molecule has 1 rings (SSSR count). The second-order valence-corrected chi connectivity index (χ2v) is 4.66. The van der Waals surface area contributed by atoms with Crippen LogP contribution in [0, 0.1) is 0 Å². The lowest BCUT2D eigenvalue weighted by Gasteiger charge is -2.12. The van der Waals surface area contributed by atoms with Crippen LogP contribution in [-0.4, -0.2) is 32.0 Å². The van der Waals surface area contributed by atoms with Gasteiger partial charge in [-0.05, 0) is 37.4 Å². The Bertz CT molecular complexity index is 380. The summed E-state index contributed by atoms with van der Waals surface area (Å²) in [5, 5.41) is 3.12. The number of hydrogen-bond acceptors (Lipinski definition) is 4. The molecule has 0 bridgehead atoms. The number of nitrogens with one attached hydrogen (secondary N) is 2. The van der Waals surface area contributed by atoms with Crippen LogP contribution in [0.3, 0.4) is 0 Å². The molecule has 4 N–H and O–H groups in total. The topological polar surface area (TPSA) is 71.7 Å². The van der Waals surface area contributed by atoms with E-state index in [1.54, 1.807) is 18.9 Å². The van der Waals surface area contributed by atoms with Crippen LogP contribution in [0.1, 0.15) is 6.92 Å². The first-order chi connectivity index (χ1) is 8.69. The third-order valence-electron chi connectivity index (χ3n) is 2.25. The minimum Gasteiger partial charge on any atom is -0.382 e. The van der Waals surface area contributed by atoms with E-state index >= 15 is 0 Å². The van der Waals surface area contributed by atoms with Gasteiger partial charge >= 0.3 is 0 Å². The van der Waals surface area contributed by atoms with Crippen molar-refractivity contribution in [3.8, 4) is 0 Å². The van der Waals surface area contributed by atoms with E-state index in [1.807, 2.05) is 37.4 Å². The second kappa shape index (κ2) is 7.97. The molecule has 0 aliphatic heterocycles. The average molecular weight is 268 g/mol. The van der Waals surface area contributed by atoms with Crippen LogP contribution >= 0.6 is 11.8 Å². The molecule has 18 heavy (non-hydrogen) atoms. The number of ether oxygens (including phenoxy) is 1. The molecule has 0 radical (unpaired) electrons. The molecule has 0 heterocycles. The van der Waals surface area contributed by atoms with Crippen LogP contribution < -0.4 is 16.6 Å². The van der Waals surface area contributed by atoms with Crippen molar-refractivity contribution in [1.82, 2.24) is 5.43 Å². The Kier molecular flexibility index (Phi) is 6.56. The highest BCUT2D eigenvalue weighted by atomic mass is 32.2. The van der Waals surface area contributed by atoms with Gasteiger partial charge in [-0.1, -0.05) is 0 Å². The molecule has 1 unspecified atom stereocenters. The molecule has 1 aromatic rings. The lowest BCUT2D eigenvalue weighted by Crippen LogP contribution is -2.37. The van der Waals surface area contributed by atoms with Gasteiger partial charge < -0.3 is 10.1 Å². The van der Waals surface area contributed by atoms with Gasteiger partial charge in [0.15, 0.2) is 0 Å². The van der Waals surface area contributed by atoms with E-state index < -0.39 is 0 Å². The summed E-state index contributed by atoms with van der Waals surface area (Å²) in [7, 11) is 1.65. The number of hydrazine groups is 1. The molecule has 0 aliphatic carbocycles. The van der Waals surface area contributed by atoms with Crippen LogP contribution in [0.4, 0.5) is 5.69 Å². The summed E-state index contributed by atoms with van der Waals surface area (Å²) in [6, 6.07) is 8.10. The van der Waals surface area contributed by atoms with Crippen LogP contribution in [0.25, 0.3) is 0 Å². The maximum absolute atomic E-state index is 5.43. The quantitative estimate of drug-likeness (QED) is 0.249. The molecule has 1 aromatic carbocycles. The van der Waals surface area contributed by atoms with Gasteiger partial charge in [-0.2, -0.15) is 0 Å². The summed E-state index contributed by atoms with van der Waals surface area (Å²) in [5.74, 6) is 5.96. The Hall–Kier alpha value is -1.24. The first-order valence-corrected chi connectivity index (χ1v) is 6.86. The largest absolute Gasteiger partial charge is 0.382 e. The third kappa shape index (κ3) is 4.95. The minimum atomic E-state index is 0.0408. The second-order valence-electron chi connectivity index (χ2n) is 3.78. The summed E-state index contributed by atoms with van der Waals surface area (Å²) in [6.07, 6.45) is 2.04. The molecular weight excluding hydrogens is 248 g/mol. The molecule has 100 valence electrons. The Balaban J connectivity index is 2.66. The summed E-state index contributed by atoms with van der Waals surface area (Å²) in [5.41, 5.74) is 3.49. The van der Waals surface area contributed by atoms with Crippen molar-refractivity contribution in [3.63, 3.8) is 0 Å². The highest BCUT2D eigenvalue weighted by molar-refractivity contribution is 7.98. The first-order valence-electron chi connectivity index (χ1n) is 5.64. The highest BCUT2D eigenvalue weighted by Crippen LogP contribution is 2.17. The number of nitrogens with two attached hydrogens (primary N) is 1. The maximum atomic E-state index is 5.43. The van der Waals surface area contributed by atoms with Crippen molar-refractivity contribution in [2.45, 2.75) is 17.9 Å². The molecular formula is C12H20N4OS. The molecule has 6 heteroatoms. The van der Waals surface area contributed by atoms with Gasteiger partial charge in [-0.15, -0.1) is 11.8 Å². The van der Waals surface area contributed by atoms with Crippen molar-refractivity contribution in [1.29, 1.82) is 0 Å². The van der Waals surface area contributed by atoms with Crippen LogP contribution in [-0.2, 0) is 4.74 Å². The van der Waals surface area contributed by atoms with Gasteiger partial charge in [0.2, 0.25) is 5.96 Å². The number of nitrogens with zero attached hydrogens (tertiary/aromatic N) is 1. The lowest BCUT2D eigenvalue weighted by atomic mass is 10.3. The fraction of sp³-hybridized carbons (Fsp3) is 0.417. The van der Waals surface area contributed by atoms with E-state index in [4.69, 9.17) is 10.6 Å². The zero-order chi connectivity index (χ0) is 13.4. The van der Waals surface area contributed by atoms with Gasteiger partial charge in [0.25, 0.3) is 0 Å². The summed E-state index contributed by atoms with van der Waals surface area (Å²) in [6.45, 7) is 2.51. The van der Waals surface area contributed by atoms with Crippen molar-refractivity contribution in [2.24, 2.45) is 10.8 Å². The van der Waals surface area contributed by atoms with Crippen LogP contribution in [0.2, 0.25) is 0 Å². The van der Waals surface area contributed by atoms with E-state index in [0.717, 1.165) is 5.69 Å². The monoisotopic (exact) mass is 268 g/mol. The number of rotatable bonds is 5. The number of thioether (sulfide) groups is 1. The summed E-state index contributed by atoms with van der Waals surface area (Å²) >= 11 is 1.70. The van der Waals surface area contributed by atoms with E-state index in [0.29, 0.717) is 12.6 Å². The van der Waals surface area contributed by atoms with Crippen LogP contribution in [0.5, 0.6) is 0 Å². The van der Waals surface area contributed by atoms with Gasteiger partial charge in [-0.3, -0.25) is 5.43 Å². The van der Waals surface area contributed by atoms with Crippen molar-refractivity contribution in [3.05, 3.63) is 24.3 Å². The van der Waals surface area contributed by atoms with E-state index in [-0.39, 0.29) is 6.04 Å². The van der Waals surface area contributed by atoms with Gasteiger partial charge in [0.05, 0.1) is 12.6 Å². The average Bonchev–Trinajstić information content (AvgIpc) is 2.39. The van der Waals surface area contributed by atoms with Crippen molar-refractivity contribution >= 4 is 23.4 Å². The Morgan fingerprint density at radius 1 is 1.44 bits per heavy atom. The molecule has 0 amide bonds. The number of hydrogen-bond donors (Lipinski definition) is 3. The van der Waals surface area contributed by atoms with Gasteiger partial charge in [0, 0.05) is 17.7 Å². The predicted octanol–water partition coefficient (Wildman–Crippen LogP) is 1.67. The van der Waals surface area contributed by atoms with Crippen molar-refractivity contribution < 1.29 is 4.74 Å². The summed E-state index contributed by atoms with van der Waals surface area (Å²) in [4.78, 5) is 5.58. The molecule has 0 saturated carbocycles. The SMILES string of the molecule is COCC(C)N=C(NN)Nc1ccc(SC)cc1. The molecule has 5 nitrogen and oxygen atoms in total. The molecule has 0 fully saturated rings. The number of guanidine groups is 1. The molecule has 1 atom stereocenters. The zero-order valence-electron chi connectivity index (χ0n) is 10.9. The lowest BCUT2D eigenvalue weighted by molar-refractivity contribution is 0.185. The van der Waals surface area contributed by atoms with Gasteiger partial charge in [-0.25, -0.2) is 10.8 Å². The Labute approximate surface area is 112 Å². The van der Waals surface area contributed by atoms with E-state index in [2.05, 4.69) is 15.7 Å². The number of benzene rings is 1.